The first-order chi connectivity index (χ1) is 20.3. The van der Waals surface area contributed by atoms with Gasteiger partial charge < -0.3 is 21.1 Å². The predicted octanol–water partition coefficient (Wildman–Crippen LogP) is 4.95. The minimum atomic E-state index is -0.805. The van der Waals surface area contributed by atoms with Gasteiger partial charge in [0.05, 0.1) is 28.0 Å². The van der Waals surface area contributed by atoms with Crippen LogP contribution in [-0.4, -0.2) is 50.6 Å². The van der Waals surface area contributed by atoms with Crippen LogP contribution < -0.4 is 16.0 Å². The third-order valence-electron chi connectivity index (χ3n) is 6.62. The van der Waals surface area contributed by atoms with E-state index in [4.69, 9.17) is 28.3 Å². The van der Waals surface area contributed by atoms with Gasteiger partial charge in [-0.2, -0.15) is 9.49 Å². The lowest BCUT2D eigenvalue weighted by molar-refractivity contribution is 0.0949. The van der Waals surface area contributed by atoms with Crippen LogP contribution in [0.15, 0.2) is 54.6 Å². The zero-order valence-corrected chi connectivity index (χ0v) is 23.6. The first-order valence-corrected chi connectivity index (χ1v) is 13.8. The molecule has 0 radical (unpaired) electrons. The second kappa shape index (κ2) is 12.8. The fourth-order valence-corrected chi connectivity index (χ4v) is 5.06. The maximum absolute atomic E-state index is 14.4. The highest BCUT2D eigenvalue weighted by molar-refractivity contribution is 6.40. The average Bonchev–Trinajstić information content (AvgIpc) is 3.42. The standard InChI is InChI=1S/C29H25Cl2FN6O4/c30-25-17(4-1-6-19(25)35-28(41)21-10-9-16(27(32)34-21)15-33-11-13-39)18-5-2-7-20(26(18)31)36-29(42)22-14-23-24(40)8-3-12-38(23)37-22/h1-2,4-7,9-10,14,33,39H,3,8,11-13,15H2,(H,35,41)(H,36,42). The Hall–Kier alpha value is -4.16. The molecular weight excluding hydrogens is 586 g/mol. The zero-order chi connectivity index (χ0) is 29.8. The summed E-state index contributed by atoms with van der Waals surface area (Å²) in [7, 11) is 0. The molecule has 2 aromatic heterocycles. The number of benzene rings is 2. The van der Waals surface area contributed by atoms with Crippen LogP contribution in [0.3, 0.4) is 0 Å². The number of aryl methyl sites for hydroxylation is 1. The smallest absolute Gasteiger partial charge is 0.276 e. The van der Waals surface area contributed by atoms with Gasteiger partial charge in [0.2, 0.25) is 5.95 Å². The van der Waals surface area contributed by atoms with E-state index in [1.165, 1.54) is 22.9 Å². The molecule has 2 aromatic carbocycles. The summed E-state index contributed by atoms with van der Waals surface area (Å²) >= 11 is 13.4. The van der Waals surface area contributed by atoms with E-state index in [9.17, 15) is 18.8 Å². The summed E-state index contributed by atoms with van der Waals surface area (Å²) in [6.07, 6.45) is 1.09. The van der Waals surface area contributed by atoms with Gasteiger partial charge in [0.1, 0.15) is 11.4 Å². The van der Waals surface area contributed by atoms with Crippen LogP contribution in [-0.2, 0) is 13.1 Å². The van der Waals surface area contributed by atoms with Gasteiger partial charge in [-0.25, -0.2) is 4.98 Å². The van der Waals surface area contributed by atoms with Gasteiger partial charge in [0.15, 0.2) is 11.5 Å². The molecule has 1 aliphatic heterocycles. The van der Waals surface area contributed by atoms with E-state index in [0.717, 1.165) is 0 Å². The maximum Gasteiger partial charge on any atom is 0.276 e. The fraction of sp³-hybridized carbons (Fsp3) is 0.207. The number of hydrogen-bond donors (Lipinski definition) is 4. The zero-order valence-electron chi connectivity index (χ0n) is 22.1. The number of halogens is 3. The van der Waals surface area contributed by atoms with Crippen LogP contribution in [0.2, 0.25) is 10.0 Å². The van der Waals surface area contributed by atoms with Crippen LogP contribution in [0, 0.1) is 5.95 Å². The van der Waals surface area contributed by atoms with Gasteiger partial charge in [-0.05, 0) is 24.6 Å². The molecule has 0 spiro atoms. The van der Waals surface area contributed by atoms with E-state index in [-0.39, 0.29) is 51.6 Å². The van der Waals surface area contributed by atoms with Gasteiger partial charge in [0, 0.05) is 48.8 Å². The lowest BCUT2D eigenvalue weighted by Gasteiger charge is -2.14. The molecule has 1 aliphatic rings. The third kappa shape index (κ3) is 6.19. The molecular formula is C29H25Cl2FN6O4. The Labute approximate surface area is 249 Å². The van der Waals surface area contributed by atoms with Gasteiger partial charge in [-0.15, -0.1) is 0 Å². The second-order valence-corrected chi connectivity index (χ2v) is 10.2. The molecule has 0 bridgehead atoms. The Morgan fingerprint density at radius 2 is 1.60 bits per heavy atom. The molecule has 42 heavy (non-hydrogen) atoms. The molecule has 4 N–H and O–H groups in total. The number of Topliss-reactive ketones (excluding diaryl/α,β-unsaturated/α-hetero) is 1. The van der Waals surface area contributed by atoms with E-state index >= 15 is 0 Å². The Kier molecular flexibility index (Phi) is 8.93. The van der Waals surface area contributed by atoms with Crippen LogP contribution >= 0.6 is 23.2 Å². The topological polar surface area (TPSA) is 138 Å². The van der Waals surface area contributed by atoms with Crippen molar-refractivity contribution in [2.45, 2.75) is 25.9 Å². The number of ketones is 1. The van der Waals surface area contributed by atoms with Crippen LogP contribution in [0.5, 0.6) is 0 Å². The summed E-state index contributed by atoms with van der Waals surface area (Å²) < 4.78 is 15.9. The van der Waals surface area contributed by atoms with Crippen molar-refractivity contribution in [2.75, 3.05) is 23.8 Å². The molecule has 13 heteroatoms. The summed E-state index contributed by atoms with van der Waals surface area (Å²) in [5.74, 6) is -2.05. The number of hydrogen-bond acceptors (Lipinski definition) is 7. The monoisotopic (exact) mass is 610 g/mol. The fourth-order valence-electron chi connectivity index (χ4n) is 4.51. The van der Waals surface area contributed by atoms with Gasteiger partial charge in [0.25, 0.3) is 11.8 Å². The van der Waals surface area contributed by atoms with Crippen molar-refractivity contribution in [3.05, 3.63) is 93.2 Å². The molecule has 0 unspecified atom stereocenters. The number of aromatic nitrogens is 3. The molecule has 0 atom stereocenters. The number of carbonyl (C=O) groups excluding carboxylic acids is 3. The number of fused-ring (bicyclic) bond motifs is 1. The Balaban J connectivity index is 1.34. The number of carbonyl (C=O) groups is 3. The van der Waals surface area contributed by atoms with Crippen LogP contribution in [0.25, 0.3) is 11.1 Å². The molecule has 5 rings (SSSR count). The lowest BCUT2D eigenvalue weighted by atomic mass is 10.0. The summed E-state index contributed by atoms with van der Waals surface area (Å²) in [5.41, 5.74) is 2.11. The molecule has 3 heterocycles. The molecule has 10 nitrogen and oxygen atoms in total. The highest BCUT2D eigenvalue weighted by Gasteiger charge is 2.23. The molecule has 0 aliphatic carbocycles. The number of pyridine rings is 1. The van der Waals surface area contributed by atoms with Crippen molar-refractivity contribution >= 4 is 52.2 Å². The normalized spacial score (nSPS) is 12.6. The van der Waals surface area contributed by atoms with Gasteiger partial charge in [-0.3, -0.25) is 19.1 Å². The third-order valence-corrected chi connectivity index (χ3v) is 7.43. The largest absolute Gasteiger partial charge is 0.395 e. The van der Waals surface area contributed by atoms with E-state index in [0.29, 0.717) is 48.4 Å². The summed E-state index contributed by atoms with van der Waals surface area (Å²) in [6, 6.07) is 14.3. The van der Waals surface area contributed by atoms with Crippen LogP contribution in [0.4, 0.5) is 15.8 Å². The lowest BCUT2D eigenvalue weighted by Crippen LogP contribution is -2.20. The Morgan fingerprint density at radius 1 is 0.952 bits per heavy atom. The molecule has 0 saturated heterocycles. The number of aliphatic hydroxyl groups is 1. The van der Waals surface area contributed by atoms with Crippen LogP contribution in [0.1, 0.15) is 49.9 Å². The number of rotatable bonds is 9. The summed E-state index contributed by atoms with van der Waals surface area (Å²) in [5, 5.41) is 21.7. The van der Waals surface area contributed by atoms with Gasteiger partial charge in [-0.1, -0.05) is 53.5 Å². The number of aliphatic hydroxyl groups excluding tert-OH is 1. The van der Waals surface area contributed by atoms with Crippen molar-refractivity contribution < 1.29 is 23.9 Å². The summed E-state index contributed by atoms with van der Waals surface area (Å²) in [6.45, 7) is 0.925. The number of anilines is 2. The van der Waals surface area contributed by atoms with Crippen molar-refractivity contribution in [2.24, 2.45) is 0 Å². The molecule has 216 valence electrons. The molecule has 2 amide bonds. The molecule has 0 saturated carbocycles. The Bertz CT molecular complexity index is 1690. The number of nitrogens with one attached hydrogen (secondary N) is 3. The number of nitrogens with zero attached hydrogens (tertiary/aromatic N) is 3. The first kappa shape index (κ1) is 29.3. The second-order valence-electron chi connectivity index (χ2n) is 9.45. The first-order valence-electron chi connectivity index (χ1n) is 13.0. The van der Waals surface area contributed by atoms with Gasteiger partial charge >= 0.3 is 0 Å². The number of amides is 2. The molecule has 4 aromatic rings. The quantitative estimate of drug-likeness (QED) is 0.155. The highest BCUT2D eigenvalue weighted by atomic mass is 35.5. The minimum absolute atomic E-state index is 0.0566. The van der Waals surface area contributed by atoms with E-state index in [1.807, 2.05) is 0 Å². The minimum Gasteiger partial charge on any atom is -0.395 e. The van der Waals surface area contributed by atoms with E-state index in [2.05, 4.69) is 26.0 Å². The SMILES string of the molecule is O=C(Nc1cccc(-c2cccc(NC(=O)c3cc4n(n3)CCCC4=O)c2Cl)c1Cl)c1ccc(CNCCO)c(F)n1. The molecule has 0 fully saturated rings. The van der Waals surface area contributed by atoms with Crippen molar-refractivity contribution in [3.63, 3.8) is 0 Å². The van der Waals surface area contributed by atoms with Crippen molar-refractivity contribution in [1.29, 1.82) is 0 Å². The van der Waals surface area contributed by atoms with E-state index in [1.54, 1.807) is 36.4 Å². The average molecular weight is 611 g/mol. The predicted molar refractivity (Wildman–Crippen MR) is 157 cm³/mol. The highest BCUT2D eigenvalue weighted by Crippen LogP contribution is 2.40. The maximum atomic E-state index is 14.4. The van der Waals surface area contributed by atoms with E-state index < -0.39 is 17.8 Å². The summed E-state index contributed by atoms with van der Waals surface area (Å²) in [4.78, 5) is 41.7. The van der Waals surface area contributed by atoms with Crippen molar-refractivity contribution in [1.82, 2.24) is 20.1 Å². The van der Waals surface area contributed by atoms with Crippen molar-refractivity contribution in [3.8, 4) is 11.1 Å². The Morgan fingerprint density at radius 3 is 2.19 bits per heavy atom.